The van der Waals surface area contributed by atoms with Crippen molar-refractivity contribution in [2.24, 2.45) is 0 Å². The molecule has 9 nitrogen and oxygen atoms in total. The summed E-state index contributed by atoms with van der Waals surface area (Å²) in [6, 6.07) is 17.9. The number of ether oxygens (including phenoxy) is 3. The van der Waals surface area contributed by atoms with Gasteiger partial charge in [-0.05, 0) is 55.3 Å². The highest BCUT2D eigenvalue weighted by atomic mass is 35.5. The Bertz CT molecular complexity index is 1430. The fourth-order valence-corrected chi connectivity index (χ4v) is 5.76. The van der Waals surface area contributed by atoms with Crippen molar-refractivity contribution in [1.82, 2.24) is 19.9 Å². The van der Waals surface area contributed by atoms with Crippen LogP contribution in [0.4, 0.5) is 23.1 Å². The van der Waals surface area contributed by atoms with Crippen LogP contribution in [0.3, 0.4) is 0 Å². The number of halogens is 1. The summed E-state index contributed by atoms with van der Waals surface area (Å²) in [6.07, 6.45) is 6.70. The van der Waals surface area contributed by atoms with Crippen LogP contribution in [0.1, 0.15) is 19.3 Å². The van der Waals surface area contributed by atoms with Crippen LogP contribution >= 0.6 is 11.6 Å². The molecule has 0 unspecified atom stereocenters. The zero-order chi connectivity index (χ0) is 27.3. The number of pyridine rings is 1. The molecule has 1 saturated carbocycles. The van der Waals surface area contributed by atoms with Crippen LogP contribution < -0.4 is 15.4 Å². The second kappa shape index (κ2) is 12.3. The van der Waals surface area contributed by atoms with Gasteiger partial charge in [0.2, 0.25) is 5.95 Å². The molecule has 0 radical (unpaired) electrons. The molecule has 1 aliphatic heterocycles. The summed E-state index contributed by atoms with van der Waals surface area (Å²) in [7, 11) is 1.81. The Morgan fingerprint density at radius 1 is 0.975 bits per heavy atom. The summed E-state index contributed by atoms with van der Waals surface area (Å²) < 4.78 is 17.7. The molecule has 0 bridgehead atoms. The van der Waals surface area contributed by atoms with E-state index in [1.165, 1.54) is 0 Å². The molecule has 4 aromatic rings. The minimum atomic E-state index is 0.132. The van der Waals surface area contributed by atoms with Crippen molar-refractivity contribution in [3.63, 3.8) is 0 Å². The standard InChI is InChI=1S/C30H33ClN6O3/c1-38-27-18-24(9-10-26(27)37-13-15-39-16-14-37)40-23-7-5-21(6-8-23)35-30-32-12-11-28(36-30)34-22-17-20-3-2-4-25(31)29(20)33-19-22/h2-8,11-12,17,19,24,26-27H,9-10,13-16,18H2,1H3,(H2,32,34,35,36)/t24-,26-,27-/m0/s1. The molecule has 2 fully saturated rings. The van der Waals surface area contributed by atoms with Crippen LogP contribution in [0.25, 0.3) is 10.9 Å². The maximum atomic E-state index is 6.35. The van der Waals surface area contributed by atoms with Gasteiger partial charge in [-0.25, -0.2) is 4.98 Å². The molecule has 0 amide bonds. The van der Waals surface area contributed by atoms with E-state index in [1.807, 2.05) is 61.7 Å². The van der Waals surface area contributed by atoms with E-state index in [4.69, 9.17) is 25.8 Å². The topological polar surface area (TPSA) is 93.7 Å². The largest absolute Gasteiger partial charge is 0.490 e. The van der Waals surface area contributed by atoms with Crippen molar-refractivity contribution in [2.75, 3.05) is 44.0 Å². The van der Waals surface area contributed by atoms with Gasteiger partial charge >= 0.3 is 0 Å². The lowest BCUT2D eigenvalue weighted by Crippen LogP contribution is -2.53. The molecule has 6 rings (SSSR count). The van der Waals surface area contributed by atoms with Gasteiger partial charge in [0.1, 0.15) is 17.7 Å². The third kappa shape index (κ3) is 6.28. The Hall–Kier alpha value is -3.50. The van der Waals surface area contributed by atoms with Gasteiger partial charge in [0.25, 0.3) is 0 Å². The average molecular weight is 561 g/mol. The molecule has 2 aromatic heterocycles. The molecule has 2 aromatic carbocycles. The summed E-state index contributed by atoms with van der Waals surface area (Å²) >= 11 is 6.24. The molecule has 2 N–H and O–H groups in total. The SMILES string of the molecule is CO[C@H]1C[C@@H](Oc2ccc(Nc3nccc(Nc4cnc5c(Cl)cccc5c4)n3)cc2)CC[C@@H]1N1CCOCC1. The van der Waals surface area contributed by atoms with Gasteiger partial charge in [-0.15, -0.1) is 0 Å². The number of benzene rings is 2. The average Bonchev–Trinajstić information content (AvgIpc) is 2.99. The predicted molar refractivity (Wildman–Crippen MR) is 157 cm³/mol. The number of aromatic nitrogens is 3. The van der Waals surface area contributed by atoms with Gasteiger partial charge in [-0.1, -0.05) is 23.7 Å². The van der Waals surface area contributed by atoms with Crippen LogP contribution in [0.15, 0.2) is 67.0 Å². The van der Waals surface area contributed by atoms with Crippen LogP contribution in [0.5, 0.6) is 5.75 Å². The molecule has 10 heteroatoms. The van der Waals surface area contributed by atoms with Crippen molar-refractivity contribution in [3.8, 4) is 5.75 Å². The van der Waals surface area contributed by atoms with E-state index >= 15 is 0 Å². The number of hydrogen-bond acceptors (Lipinski definition) is 9. The fraction of sp³-hybridized carbons (Fsp3) is 0.367. The highest BCUT2D eigenvalue weighted by Gasteiger charge is 2.35. The van der Waals surface area contributed by atoms with Gasteiger partial charge < -0.3 is 24.8 Å². The minimum absolute atomic E-state index is 0.132. The van der Waals surface area contributed by atoms with Crippen molar-refractivity contribution in [1.29, 1.82) is 0 Å². The Labute approximate surface area is 238 Å². The second-order valence-corrected chi connectivity index (χ2v) is 10.5. The molecule has 2 aliphatic rings. The maximum Gasteiger partial charge on any atom is 0.229 e. The number of nitrogens with zero attached hydrogens (tertiary/aromatic N) is 4. The Morgan fingerprint density at radius 2 is 1.82 bits per heavy atom. The molecular weight excluding hydrogens is 528 g/mol. The fourth-order valence-electron chi connectivity index (χ4n) is 5.53. The lowest BCUT2D eigenvalue weighted by atomic mass is 9.88. The van der Waals surface area contributed by atoms with E-state index in [-0.39, 0.29) is 12.2 Å². The number of fused-ring (bicyclic) bond motifs is 1. The number of morpholine rings is 1. The maximum absolute atomic E-state index is 6.35. The third-order valence-corrected chi connectivity index (χ3v) is 7.83. The summed E-state index contributed by atoms with van der Waals surface area (Å²) in [5.41, 5.74) is 2.46. The smallest absolute Gasteiger partial charge is 0.229 e. The number of nitrogens with one attached hydrogen (secondary N) is 2. The zero-order valence-electron chi connectivity index (χ0n) is 22.4. The molecule has 1 aliphatic carbocycles. The predicted octanol–water partition coefficient (Wildman–Crippen LogP) is 5.81. The summed E-state index contributed by atoms with van der Waals surface area (Å²) in [4.78, 5) is 15.9. The van der Waals surface area contributed by atoms with Crippen molar-refractivity contribution >= 4 is 45.6 Å². The van der Waals surface area contributed by atoms with Crippen LogP contribution in [-0.2, 0) is 9.47 Å². The molecule has 208 valence electrons. The third-order valence-electron chi connectivity index (χ3n) is 7.53. The van der Waals surface area contributed by atoms with Gasteiger partial charge in [0, 0.05) is 49.9 Å². The molecule has 1 saturated heterocycles. The van der Waals surface area contributed by atoms with Gasteiger partial charge in [-0.3, -0.25) is 9.88 Å². The Morgan fingerprint density at radius 3 is 2.65 bits per heavy atom. The Kier molecular flexibility index (Phi) is 8.24. The van der Waals surface area contributed by atoms with E-state index in [1.54, 1.807) is 12.4 Å². The number of hydrogen-bond donors (Lipinski definition) is 2. The first-order chi connectivity index (χ1) is 19.6. The zero-order valence-corrected chi connectivity index (χ0v) is 23.2. The van der Waals surface area contributed by atoms with Crippen molar-refractivity contribution < 1.29 is 14.2 Å². The summed E-state index contributed by atoms with van der Waals surface area (Å²) in [5, 5.41) is 8.14. The molecular formula is C30H33ClN6O3. The minimum Gasteiger partial charge on any atom is -0.490 e. The van der Waals surface area contributed by atoms with Crippen LogP contribution in [0, 0.1) is 0 Å². The first kappa shape index (κ1) is 26.7. The number of para-hydroxylation sites is 1. The lowest BCUT2D eigenvalue weighted by Gasteiger charge is -2.43. The highest BCUT2D eigenvalue weighted by Crippen LogP contribution is 2.30. The van der Waals surface area contributed by atoms with Gasteiger partial charge in [-0.2, -0.15) is 4.98 Å². The number of anilines is 4. The lowest BCUT2D eigenvalue weighted by molar-refractivity contribution is -0.0698. The first-order valence-corrected chi connectivity index (χ1v) is 14.0. The van der Waals surface area contributed by atoms with Gasteiger partial charge in [0.05, 0.1) is 41.7 Å². The molecule has 0 spiro atoms. The number of methoxy groups -OCH3 is 1. The quantitative estimate of drug-likeness (QED) is 0.277. The molecule has 40 heavy (non-hydrogen) atoms. The van der Waals surface area contributed by atoms with E-state index < -0.39 is 0 Å². The summed E-state index contributed by atoms with van der Waals surface area (Å²) in [5.74, 6) is 1.98. The van der Waals surface area contributed by atoms with E-state index in [0.29, 0.717) is 22.8 Å². The number of rotatable bonds is 8. The summed E-state index contributed by atoms with van der Waals surface area (Å²) in [6.45, 7) is 3.56. The normalized spacial score (nSPS) is 21.7. The first-order valence-electron chi connectivity index (χ1n) is 13.7. The van der Waals surface area contributed by atoms with E-state index in [2.05, 4.69) is 30.5 Å². The second-order valence-electron chi connectivity index (χ2n) is 10.1. The van der Waals surface area contributed by atoms with Gasteiger partial charge in [0.15, 0.2) is 0 Å². The molecule has 3 heterocycles. The van der Waals surface area contributed by atoms with Crippen molar-refractivity contribution in [2.45, 2.75) is 37.5 Å². The van der Waals surface area contributed by atoms with Crippen molar-refractivity contribution in [3.05, 3.63) is 72.0 Å². The Balaban J connectivity index is 1.05. The monoisotopic (exact) mass is 560 g/mol. The van der Waals surface area contributed by atoms with E-state index in [9.17, 15) is 0 Å². The van der Waals surface area contributed by atoms with Crippen LogP contribution in [-0.4, -0.2) is 71.5 Å². The van der Waals surface area contributed by atoms with Crippen LogP contribution in [0.2, 0.25) is 5.02 Å². The van der Waals surface area contributed by atoms with E-state index in [0.717, 1.165) is 73.6 Å². The highest BCUT2D eigenvalue weighted by molar-refractivity contribution is 6.35. The molecule has 3 atom stereocenters.